The van der Waals surface area contributed by atoms with Gasteiger partial charge in [-0.3, -0.25) is 4.68 Å². The minimum atomic E-state index is 0.316. The zero-order valence-corrected chi connectivity index (χ0v) is 8.03. The third kappa shape index (κ3) is 1.48. The number of nitrogens with zero attached hydrogens (tertiary/aromatic N) is 2. The van der Waals surface area contributed by atoms with Crippen molar-refractivity contribution in [1.29, 1.82) is 0 Å². The summed E-state index contributed by atoms with van der Waals surface area (Å²) in [5.74, 6) is 0.460. The van der Waals surface area contributed by atoms with E-state index in [0.717, 1.165) is 25.8 Å². The van der Waals surface area contributed by atoms with E-state index in [-0.39, 0.29) is 0 Å². The van der Waals surface area contributed by atoms with Gasteiger partial charge in [-0.15, -0.1) is 0 Å². The van der Waals surface area contributed by atoms with Crippen molar-refractivity contribution < 1.29 is 5.11 Å². The van der Waals surface area contributed by atoms with Gasteiger partial charge in [0.25, 0.3) is 0 Å². The molecule has 0 amide bonds. The van der Waals surface area contributed by atoms with Crippen LogP contribution >= 0.6 is 0 Å². The van der Waals surface area contributed by atoms with Crippen molar-refractivity contribution in [1.82, 2.24) is 9.78 Å². The molecule has 0 saturated carbocycles. The first kappa shape index (κ1) is 8.75. The predicted molar refractivity (Wildman–Crippen MR) is 50.5 cm³/mol. The molecule has 1 aromatic rings. The Morgan fingerprint density at radius 1 is 1.69 bits per heavy atom. The normalized spacial score (nSPS) is 21.5. The first-order chi connectivity index (χ1) is 6.35. The molecule has 0 aromatic carbocycles. The molecule has 3 nitrogen and oxygen atoms in total. The fourth-order valence-electron chi connectivity index (χ4n) is 2.09. The van der Waals surface area contributed by atoms with E-state index in [9.17, 15) is 0 Å². The summed E-state index contributed by atoms with van der Waals surface area (Å²) in [6.07, 6.45) is 5.15. The van der Waals surface area contributed by atoms with Gasteiger partial charge in [0.1, 0.15) is 0 Å². The second-order valence-corrected chi connectivity index (χ2v) is 3.72. The Balaban J connectivity index is 2.22. The van der Waals surface area contributed by atoms with Crippen LogP contribution < -0.4 is 0 Å². The topological polar surface area (TPSA) is 38.0 Å². The number of hydrogen-bond acceptors (Lipinski definition) is 2. The second kappa shape index (κ2) is 3.50. The van der Waals surface area contributed by atoms with E-state index < -0.39 is 0 Å². The minimum absolute atomic E-state index is 0.316. The molecule has 13 heavy (non-hydrogen) atoms. The standard InChI is InChI=1S/C10H16N2O/c1-2-12-10-4-3-8(7-13)5-9(10)6-11-12/h6,8,13H,2-5,7H2,1H3/t8-/m0/s1. The van der Waals surface area contributed by atoms with E-state index >= 15 is 0 Å². The average molecular weight is 180 g/mol. The summed E-state index contributed by atoms with van der Waals surface area (Å²) in [6, 6.07) is 0. The number of aliphatic hydroxyl groups excluding tert-OH is 1. The second-order valence-electron chi connectivity index (χ2n) is 3.72. The van der Waals surface area contributed by atoms with Crippen LogP contribution in [0.5, 0.6) is 0 Å². The highest BCUT2D eigenvalue weighted by molar-refractivity contribution is 5.21. The summed E-state index contributed by atoms with van der Waals surface area (Å²) in [7, 11) is 0. The van der Waals surface area contributed by atoms with Crippen LogP contribution in [-0.2, 0) is 19.4 Å². The van der Waals surface area contributed by atoms with Gasteiger partial charge in [-0.2, -0.15) is 5.10 Å². The van der Waals surface area contributed by atoms with Gasteiger partial charge >= 0.3 is 0 Å². The molecule has 1 N–H and O–H groups in total. The molecule has 1 heterocycles. The molecule has 2 rings (SSSR count). The average Bonchev–Trinajstić information content (AvgIpc) is 2.59. The van der Waals surface area contributed by atoms with E-state index in [0.29, 0.717) is 12.5 Å². The molecule has 72 valence electrons. The van der Waals surface area contributed by atoms with Crippen LogP contribution in [0, 0.1) is 5.92 Å². The van der Waals surface area contributed by atoms with Crippen molar-refractivity contribution in [3.8, 4) is 0 Å². The van der Waals surface area contributed by atoms with Gasteiger partial charge < -0.3 is 5.11 Å². The van der Waals surface area contributed by atoms with Gasteiger partial charge in [0.15, 0.2) is 0 Å². The zero-order chi connectivity index (χ0) is 9.26. The van der Waals surface area contributed by atoms with Crippen molar-refractivity contribution in [3.05, 3.63) is 17.5 Å². The maximum atomic E-state index is 9.05. The Morgan fingerprint density at radius 2 is 2.54 bits per heavy atom. The van der Waals surface area contributed by atoms with Crippen LogP contribution in [0.2, 0.25) is 0 Å². The van der Waals surface area contributed by atoms with Crippen LogP contribution in [-0.4, -0.2) is 21.5 Å². The molecule has 0 spiro atoms. The molecular formula is C10H16N2O. The third-order valence-corrected chi connectivity index (χ3v) is 2.89. The van der Waals surface area contributed by atoms with E-state index in [1.807, 2.05) is 6.20 Å². The Kier molecular flexibility index (Phi) is 2.36. The van der Waals surface area contributed by atoms with Gasteiger partial charge in [-0.1, -0.05) is 0 Å². The Labute approximate surface area is 78.4 Å². The van der Waals surface area contributed by atoms with Crippen LogP contribution in [0.4, 0.5) is 0 Å². The van der Waals surface area contributed by atoms with Crippen molar-refractivity contribution in [2.24, 2.45) is 5.92 Å². The van der Waals surface area contributed by atoms with Crippen molar-refractivity contribution in [3.63, 3.8) is 0 Å². The molecule has 0 aliphatic heterocycles. The highest BCUT2D eigenvalue weighted by Gasteiger charge is 2.20. The molecule has 1 aliphatic rings. The summed E-state index contributed by atoms with van der Waals surface area (Å²) < 4.78 is 2.07. The van der Waals surface area contributed by atoms with Crippen LogP contribution in [0.25, 0.3) is 0 Å². The molecule has 0 bridgehead atoms. The van der Waals surface area contributed by atoms with Crippen molar-refractivity contribution in [2.45, 2.75) is 32.7 Å². The number of fused-ring (bicyclic) bond motifs is 1. The minimum Gasteiger partial charge on any atom is -0.396 e. The largest absolute Gasteiger partial charge is 0.396 e. The van der Waals surface area contributed by atoms with Gasteiger partial charge in [-0.05, 0) is 37.7 Å². The first-order valence-electron chi connectivity index (χ1n) is 4.99. The molecule has 0 saturated heterocycles. The maximum Gasteiger partial charge on any atom is 0.0524 e. The predicted octanol–water partition coefficient (Wildman–Crippen LogP) is 1.00. The maximum absolute atomic E-state index is 9.05. The highest BCUT2D eigenvalue weighted by atomic mass is 16.3. The van der Waals surface area contributed by atoms with Crippen LogP contribution in [0.3, 0.4) is 0 Å². The molecule has 0 fully saturated rings. The summed E-state index contributed by atoms with van der Waals surface area (Å²) in [5.41, 5.74) is 2.72. The van der Waals surface area contributed by atoms with Gasteiger partial charge in [-0.25, -0.2) is 0 Å². The molecule has 3 heteroatoms. The SMILES string of the molecule is CCn1ncc2c1CC[C@H](CO)C2. The number of rotatable bonds is 2. The monoisotopic (exact) mass is 180 g/mol. The fraction of sp³-hybridized carbons (Fsp3) is 0.700. The molecule has 1 aliphatic carbocycles. The number of hydrogen-bond donors (Lipinski definition) is 1. The van der Waals surface area contributed by atoms with Gasteiger partial charge in [0, 0.05) is 18.8 Å². The summed E-state index contributed by atoms with van der Waals surface area (Å²) in [5, 5.41) is 13.4. The van der Waals surface area contributed by atoms with E-state index in [4.69, 9.17) is 5.11 Å². The van der Waals surface area contributed by atoms with Crippen molar-refractivity contribution >= 4 is 0 Å². The number of aromatic nitrogens is 2. The lowest BCUT2D eigenvalue weighted by Crippen LogP contribution is -2.18. The smallest absolute Gasteiger partial charge is 0.0524 e. The Hall–Kier alpha value is -0.830. The lowest BCUT2D eigenvalue weighted by atomic mass is 9.88. The summed E-state index contributed by atoms with van der Waals surface area (Å²) >= 11 is 0. The van der Waals surface area contributed by atoms with E-state index in [2.05, 4.69) is 16.7 Å². The van der Waals surface area contributed by atoms with Gasteiger partial charge in [0.05, 0.1) is 6.20 Å². The summed E-state index contributed by atoms with van der Waals surface area (Å²) in [6.45, 7) is 3.39. The fourth-order valence-corrected chi connectivity index (χ4v) is 2.09. The first-order valence-corrected chi connectivity index (χ1v) is 4.99. The number of aryl methyl sites for hydroxylation is 1. The van der Waals surface area contributed by atoms with Gasteiger partial charge in [0.2, 0.25) is 0 Å². The quantitative estimate of drug-likeness (QED) is 0.737. The molecule has 0 unspecified atom stereocenters. The van der Waals surface area contributed by atoms with E-state index in [1.165, 1.54) is 11.3 Å². The third-order valence-electron chi connectivity index (χ3n) is 2.89. The van der Waals surface area contributed by atoms with E-state index in [1.54, 1.807) is 0 Å². The van der Waals surface area contributed by atoms with Crippen molar-refractivity contribution in [2.75, 3.05) is 6.61 Å². The Bertz CT molecular complexity index is 293. The molecular weight excluding hydrogens is 164 g/mol. The summed E-state index contributed by atoms with van der Waals surface area (Å²) in [4.78, 5) is 0. The Morgan fingerprint density at radius 3 is 3.23 bits per heavy atom. The lowest BCUT2D eigenvalue weighted by Gasteiger charge is -2.20. The lowest BCUT2D eigenvalue weighted by molar-refractivity contribution is 0.212. The zero-order valence-electron chi connectivity index (χ0n) is 8.03. The molecule has 1 aromatic heterocycles. The molecule has 0 radical (unpaired) electrons. The molecule has 1 atom stereocenters. The highest BCUT2D eigenvalue weighted by Crippen LogP contribution is 2.24. The number of aliphatic hydroxyl groups is 1. The van der Waals surface area contributed by atoms with Crippen LogP contribution in [0.1, 0.15) is 24.6 Å². The van der Waals surface area contributed by atoms with Crippen LogP contribution in [0.15, 0.2) is 6.20 Å².